The molecule has 4 heteroatoms. The zero-order chi connectivity index (χ0) is 7.98. The number of rotatable bonds is 5. The van der Waals surface area contributed by atoms with Gasteiger partial charge < -0.3 is 9.84 Å². The minimum Gasteiger partial charge on any atom is -0.394 e. The van der Waals surface area contributed by atoms with Crippen LogP contribution in [0.15, 0.2) is 0 Å². The molecule has 0 fully saturated rings. The van der Waals surface area contributed by atoms with E-state index in [1.54, 1.807) is 7.11 Å². The van der Waals surface area contributed by atoms with Crippen LogP contribution in [0.5, 0.6) is 0 Å². The number of likely N-dealkylation sites (N-methyl/N-ethyl adjacent to an activating group) is 1. The molecular weight excluding hydrogens is 132 g/mol. The molecule has 0 saturated carbocycles. The van der Waals surface area contributed by atoms with Crippen LogP contribution in [0.25, 0.3) is 0 Å². The van der Waals surface area contributed by atoms with Gasteiger partial charge in [-0.1, -0.05) is 0 Å². The lowest BCUT2D eigenvalue weighted by Crippen LogP contribution is -2.39. The summed E-state index contributed by atoms with van der Waals surface area (Å²) in [6.45, 7) is 0.742. The molecule has 0 heterocycles. The number of nitrogens with zero attached hydrogens (tertiary/aromatic N) is 1. The molecule has 1 atom stereocenters. The summed E-state index contributed by atoms with van der Waals surface area (Å²) in [6, 6.07) is 0. The molecule has 0 aromatic heterocycles. The zero-order valence-electron chi connectivity index (χ0n) is 6.79. The van der Waals surface area contributed by atoms with E-state index in [-0.39, 0.29) is 12.7 Å². The molecule has 0 aliphatic heterocycles. The smallest absolute Gasteiger partial charge is 0.0942 e. The molecule has 0 amide bonds. The predicted molar refractivity (Wildman–Crippen MR) is 39.6 cm³/mol. The maximum absolute atomic E-state index is 8.69. The Hall–Kier alpha value is -0.160. The van der Waals surface area contributed by atoms with Crippen molar-refractivity contribution in [3.63, 3.8) is 0 Å². The minimum atomic E-state index is -0.0996. The normalized spacial score (nSPS) is 14.1. The second-order valence-corrected chi connectivity index (χ2v) is 2.14. The molecule has 4 nitrogen and oxygen atoms in total. The molecule has 1 unspecified atom stereocenters. The standard InChI is InChI=1S/C6H16N2O2/c1-7-8(2)4-6(5-9)10-3/h6-7,9H,4-5H2,1-3H3. The molecule has 0 bridgehead atoms. The Morgan fingerprint density at radius 2 is 2.30 bits per heavy atom. The van der Waals surface area contributed by atoms with E-state index in [1.165, 1.54) is 0 Å². The molecule has 0 spiro atoms. The number of nitrogens with one attached hydrogen (secondary N) is 1. The summed E-state index contributed by atoms with van der Waals surface area (Å²) in [5.41, 5.74) is 2.91. The Labute approximate surface area is 61.8 Å². The van der Waals surface area contributed by atoms with Crippen molar-refractivity contribution >= 4 is 0 Å². The van der Waals surface area contributed by atoms with Crippen LogP contribution in [-0.4, -0.2) is 50.6 Å². The van der Waals surface area contributed by atoms with Crippen LogP contribution in [0.3, 0.4) is 0 Å². The molecule has 10 heavy (non-hydrogen) atoms. The van der Waals surface area contributed by atoms with Gasteiger partial charge in [-0.3, -0.25) is 5.43 Å². The van der Waals surface area contributed by atoms with E-state index >= 15 is 0 Å². The van der Waals surface area contributed by atoms with Gasteiger partial charge in [-0.15, -0.1) is 0 Å². The van der Waals surface area contributed by atoms with Gasteiger partial charge in [0.15, 0.2) is 0 Å². The Morgan fingerprint density at radius 1 is 1.70 bits per heavy atom. The van der Waals surface area contributed by atoms with Gasteiger partial charge in [0.1, 0.15) is 0 Å². The number of ether oxygens (including phenoxy) is 1. The molecule has 0 saturated heterocycles. The summed E-state index contributed by atoms with van der Waals surface area (Å²) in [5.74, 6) is 0. The first-order valence-corrected chi connectivity index (χ1v) is 3.26. The van der Waals surface area contributed by atoms with Crippen LogP contribution in [-0.2, 0) is 4.74 Å². The SMILES string of the molecule is CNN(C)CC(CO)OC. The number of hydrogen-bond acceptors (Lipinski definition) is 4. The highest BCUT2D eigenvalue weighted by Gasteiger charge is 2.06. The van der Waals surface area contributed by atoms with E-state index < -0.39 is 0 Å². The molecule has 62 valence electrons. The highest BCUT2D eigenvalue weighted by molar-refractivity contribution is 4.57. The van der Waals surface area contributed by atoms with Crippen molar-refractivity contribution in [2.45, 2.75) is 6.10 Å². The van der Waals surface area contributed by atoms with Crippen LogP contribution in [0.4, 0.5) is 0 Å². The fraction of sp³-hybridized carbons (Fsp3) is 1.00. The van der Waals surface area contributed by atoms with Crippen molar-refractivity contribution in [3.05, 3.63) is 0 Å². The number of aliphatic hydroxyl groups excluding tert-OH is 1. The van der Waals surface area contributed by atoms with Crippen LogP contribution in [0.1, 0.15) is 0 Å². The fourth-order valence-corrected chi connectivity index (χ4v) is 0.604. The number of methoxy groups -OCH3 is 1. The van der Waals surface area contributed by atoms with Crippen molar-refractivity contribution in [2.75, 3.05) is 34.4 Å². The van der Waals surface area contributed by atoms with Gasteiger partial charge in [0.2, 0.25) is 0 Å². The third kappa shape index (κ3) is 3.79. The predicted octanol–water partition coefficient (Wildman–Crippen LogP) is -0.940. The van der Waals surface area contributed by atoms with Crippen LogP contribution in [0, 0.1) is 0 Å². The summed E-state index contributed by atoms with van der Waals surface area (Å²) < 4.78 is 4.94. The molecule has 0 aliphatic carbocycles. The highest BCUT2D eigenvalue weighted by Crippen LogP contribution is 1.88. The maximum atomic E-state index is 8.69. The molecule has 0 aromatic rings. The minimum absolute atomic E-state index is 0.0581. The second kappa shape index (κ2) is 5.61. The topological polar surface area (TPSA) is 44.7 Å². The summed E-state index contributed by atoms with van der Waals surface area (Å²) in [4.78, 5) is 0. The van der Waals surface area contributed by atoms with Gasteiger partial charge >= 0.3 is 0 Å². The van der Waals surface area contributed by atoms with Gasteiger partial charge in [-0.05, 0) is 7.05 Å². The maximum Gasteiger partial charge on any atom is 0.0942 e. The quantitative estimate of drug-likeness (QED) is 0.494. The van der Waals surface area contributed by atoms with Crippen LogP contribution < -0.4 is 5.43 Å². The van der Waals surface area contributed by atoms with E-state index in [0.29, 0.717) is 6.54 Å². The van der Waals surface area contributed by atoms with Gasteiger partial charge in [0.05, 0.1) is 12.7 Å². The largest absolute Gasteiger partial charge is 0.394 e. The third-order valence-electron chi connectivity index (χ3n) is 1.40. The number of hydrazine groups is 1. The van der Waals surface area contributed by atoms with Gasteiger partial charge in [0.25, 0.3) is 0 Å². The first-order chi connectivity index (χ1) is 4.74. The summed E-state index contributed by atoms with van der Waals surface area (Å²) in [5, 5.41) is 10.5. The summed E-state index contributed by atoms with van der Waals surface area (Å²) in [7, 11) is 5.30. The van der Waals surface area contributed by atoms with Crippen molar-refractivity contribution in [2.24, 2.45) is 0 Å². The monoisotopic (exact) mass is 148 g/mol. The van der Waals surface area contributed by atoms with E-state index in [2.05, 4.69) is 5.43 Å². The Kier molecular flexibility index (Phi) is 5.52. The first kappa shape index (κ1) is 9.84. The first-order valence-electron chi connectivity index (χ1n) is 3.26. The lowest BCUT2D eigenvalue weighted by atomic mass is 10.4. The molecule has 0 aliphatic rings. The summed E-state index contributed by atoms with van der Waals surface area (Å²) in [6.07, 6.45) is -0.0996. The molecular formula is C6H16N2O2. The van der Waals surface area contributed by atoms with E-state index in [4.69, 9.17) is 9.84 Å². The Morgan fingerprint density at radius 3 is 2.60 bits per heavy atom. The number of hydrogen-bond donors (Lipinski definition) is 2. The number of aliphatic hydroxyl groups is 1. The average Bonchev–Trinajstić information content (AvgIpc) is 1.99. The van der Waals surface area contributed by atoms with Crippen LogP contribution in [0.2, 0.25) is 0 Å². The van der Waals surface area contributed by atoms with Crippen molar-refractivity contribution < 1.29 is 9.84 Å². The van der Waals surface area contributed by atoms with Crippen molar-refractivity contribution in [1.29, 1.82) is 0 Å². The van der Waals surface area contributed by atoms with Gasteiger partial charge in [-0.25, -0.2) is 5.01 Å². The lowest BCUT2D eigenvalue weighted by molar-refractivity contribution is 0.0189. The van der Waals surface area contributed by atoms with E-state index in [0.717, 1.165) is 0 Å². The Balaban J connectivity index is 3.41. The Bertz CT molecular complexity index is 76.1. The third-order valence-corrected chi connectivity index (χ3v) is 1.40. The van der Waals surface area contributed by atoms with Crippen molar-refractivity contribution in [1.82, 2.24) is 10.4 Å². The van der Waals surface area contributed by atoms with Gasteiger partial charge in [0, 0.05) is 20.7 Å². The highest BCUT2D eigenvalue weighted by atomic mass is 16.5. The van der Waals surface area contributed by atoms with E-state index in [1.807, 2.05) is 19.1 Å². The van der Waals surface area contributed by atoms with Gasteiger partial charge in [-0.2, -0.15) is 0 Å². The lowest BCUT2D eigenvalue weighted by Gasteiger charge is -2.20. The van der Waals surface area contributed by atoms with Crippen molar-refractivity contribution in [3.8, 4) is 0 Å². The molecule has 0 rings (SSSR count). The fourth-order valence-electron chi connectivity index (χ4n) is 0.604. The average molecular weight is 148 g/mol. The second-order valence-electron chi connectivity index (χ2n) is 2.14. The summed E-state index contributed by atoms with van der Waals surface area (Å²) >= 11 is 0. The molecule has 0 radical (unpaired) electrons. The van der Waals surface area contributed by atoms with Crippen LogP contribution >= 0.6 is 0 Å². The van der Waals surface area contributed by atoms with E-state index in [9.17, 15) is 0 Å². The zero-order valence-corrected chi connectivity index (χ0v) is 6.79. The molecule has 2 N–H and O–H groups in total. The molecule has 0 aromatic carbocycles.